The molecule has 0 N–H and O–H groups in total. The number of benzene rings is 2. The molecule has 0 saturated carbocycles. The monoisotopic (exact) mass is 319 g/mol. The van der Waals surface area contributed by atoms with Crippen molar-refractivity contribution in [2.45, 2.75) is 6.42 Å². The Bertz CT molecular complexity index is 751. The van der Waals surface area contributed by atoms with Gasteiger partial charge in [0.05, 0.1) is 17.2 Å². The van der Waals surface area contributed by atoms with E-state index >= 15 is 0 Å². The van der Waals surface area contributed by atoms with E-state index in [9.17, 15) is 4.79 Å². The Kier molecular flexibility index (Phi) is 4.81. The zero-order valence-electron chi connectivity index (χ0n) is 13.9. The summed E-state index contributed by atoms with van der Waals surface area (Å²) in [6.45, 7) is 2.69. The third kappa shape index (κ3) is 3.41. The molecule has 3 rings (SSSR count). The Balaban J connectivity index is 1.62. The Morgan fingerprint density at radius 3 is 2.67 bits per heavy atom. The molecule has 1 aliphatic heterocycles. The SMILES string of the molecule is CN(CC1CCN(c2ccccc2)C1)C(=O)c1ccccc1C#N. The first-order valence-corrected chi connectivity index (χ1v) is 8.23. The van der Waals surface area contributed by atoms with Gasteiger partial charge in [0.15, 0.2) is 0 Å². The van der Waals surface area contributed by atoms with Gasteiger partial charge in [-0.2, -0.15) is 5.26 Å². The zero-order valence-corrected chi connectivity index (χ0v) is 13.9. The fraction of sp³-hybridized carbons (Fsp3) is 0.300. The number of anilines is 1. The lowest BCUT2D eigenvalue weighted by molar-refractivity contribution is 0.0776. The van der Waals surface area contributed by atoms with Crippen LogP contribution in [0.4, 0.5) is 5.69 Å². The molecule has 1 amide bonds. The third-order valence-corrected chi connectivity index (χ3v) is 4.56. The number of hydrogen-bond donors (Lipinski definition) is 0. The summed E-state index contributed by atoms with van der Waals surface area (Å²) in [5.74, 6) is 0.374. The maximum Gasteiger partial charge on any atom is 0.254 e. The smallest absolute Gasteiger partial charge is 0.254 e. The summed E-state index contributed by atoms with van der Waals surface area (Å²) in [6, 6.07) is 19.5. The van der Waals surface area contributed by atoms with Crippen LogP contribution in [0.1, 0.15) is 22.3 Å². The van der Waals surface area contributed by atoms with Crippen molar-refractivity contribution in [3.63, 3.8) is 0 Å². The fourth-order valence-electron chi connectivity index (χ4n) is 3.30. The van der Waals surface area contributed by atoms with Crippen LogP contribution >= 0.6 is 0 Å². The van der Waals surface area contributed by atoms with Crippen LogP contribution in [-0.2, 0) is 0 Å². The van der Waals surface area contributed by atoms with Crippen LogP contribution in [0.15, 0.2) is 54.6 Å². The summed E-state index contributed by atoms with van der Waals surface area (Å²) < 4.78 is 0. The van der Waals surface area contributed by atoms with Gasteiger partial charge in [0.25, 0.3) is 5.91 Å². The van der Waals surface area contributed by atoms with Gasteiger partial charge in [0.2, 0.25) is 0 Å². The normalized spacial score (nSPS) is 16.7. The maximum atomic E-state index is 12.6. The van der Waals surface area contributed by atoms with Crippen molar-refractivity contribution in [2.75, 3.05) is 31.6 Å². The molecule has 0 spiro atoms. The highest BCUT2D eigenvalue weighted by molar-refractivity contribution is 5.96. The van der Waals surface area contributed by atoms with Crippen LogP contribution in [0.5, 0.6) is 0 Å². The molecule has 0 aliphatic carbocycles. The van der Waals surface area contributed by atoms with Crippen molar-refractivity contribution < 1.29 is 4.79 Å². The average molecular weight is 319 g/mol. The Hall–Kier alpha value is -2.80. The molecule has 1 unspecified atom stereocenters. The minimum atomic E-state index is -0.0784. The number of carbonyl (C=O) groups excluding carboxylic acids is 1. The van der Waals surface area contributed by atoms with E-state index in [-0.39, 0.29) is 5.91 Å². The highest BCUT2D eigenvalue weighted by Crippen LogP contribution is 2.24. The lowest BCUT2D eigenvalue weighted by Gasteiger charge is -2.23. The Morgan fingerprint density at radius 2 is 1.92 bits per heavy atom. The number of amides is 1. The molecule has 1 fully saturated rings. The lowest BCUT2D eigenvalue weighted by atomic mass is 10.1. The molecule has 0 aromatic heterocycles. The van der Waals surface area contributed by atoms with E-state index in [1.165, 1.54) is 5.69 Å². The first-order valence-electron chi connectivity index (χ1n) is 8.23. The summed E-state index contributed by atoms with van der Waals surface area (Å²) in [5, 5.41) is 9.17. The van der Waals surface area contributed by atoms with Crippen LogP contribution in [-0.4, -0.2) is 37.5 Å². The molecule has 0 bridgehead atoms. The molecule has 1 saturated heterocycles. The van der Waals surface area contributed by atoms with Gasteiger partial charge in [-0.25, -0.2) is 0 Å². The molecule has 4 nitrogen and oxygen atoms in total. The van der Waals surface area contributed by atoms with Crippen molar-refractivity contribution in [3.8, 4) is 6.07 Å². The minimum absolute atomic E-state index is 0.0784. The number of hydrogen-bond acceptors (Lipinski definition) is 3. The molecule has 1 heterocycles. The topological polar surface area (TPSA) is 47.3 Å². The largest absolute Gasteiger partial charge is 0.371 e. The first-order chi connectivity index (χ1) is 11.7. The van der Waals surface area contributed by atoms with Crippen LogP contribution < -0.4 is 4.90 Å². The molecule has 2 aromatic rings. The molecular formula is C20H21N3O. The quantitative estimate of drug-likeness (QED) is 0.870. The van der Waals surface area contributed by atoms with E-state index < -0.39 is 0 Å². The zero-order chi connectivity index (χ0) is 16.9. The molecule has 1 aliphatic rings. The van der Waals surface area contributed by atoms with Crippen molar-refractivity contribution in [1.82, 2.24) is 4.90 Å². The highest BCUT2D eigenvalue weighted by atomic mass is 16.2. The van der Waals surface area contributed by atoms with Gasteiger partial charge in [0.1, 0.15) is 0 Å². The summed E-state index contributed by atoms with van der Waals surface area (Å²) >= 11 is 0. The van der Waals surface area contributed by atoms with Gasteiger partial charge in [-0.05, 0) is 36.6 Å². The number of nitrogens with zero attached hydrogens (tertiary/aromatic N) is 3. The molecule has 24 heavy (non-hydrogen) atoms. The van der Waals surface area contributed by atoms with Gasteiger partial charge in [-0.3, -0.25) is 4.79 Å². The number of rotatable bonds is 4. The third-order valence-electron chi connectivity index (χ3n) is 4.56. The lowest BCUT2D eigenvalue weighted by Crippen LogP contribution is -2.33. The van der Waals surface area contributed by atoms with Gasteiger partial charge >= 0.3 is 0 Å². The van der Waals surface area contributed by atoms with E-state index in [1.807, 2.05) is 13.1 Å². The number of para-hydroxylation sites is 1. The van der Waals surface area contributed by atoms with E-state index in [0.717, 1.165) is 19.5 Å². The van der Waals surface area contributed by atoms with Crippen LogP contribution in [0.2, 0.25) is 0 Å². The molecular weight excluding hydrogens is 298 g/mol. The summed E-state index contributed by atoms with van der Waals surface area (Å²) in [7, 11) is 1.82. The summed E-state index contributed by atoms with van der Waals surface area (Å²) in [4.78, 5) is 16.7. The minimum Gasteiger partial charge on any atom is -0.371 e. The second-order valence-corrected chi connectivity index (χ2v) is 6.28. The molecule has 2 aromatic carbocycles. The van der Waals surface area contributed by atoms with E-state index in [1.54, 1.807) is 29.2 Å². The van der Waals surface area contributed by atoms with E-state index in [2.05, 4.69) is 35.2 Å². The Labute approximate surface area is 142 Å². The van der Waals surface area contributed by atoms with Gasteiger partial charge < -0.3 is 9.80 Å². The summed E-state index contributed by atoms with van der Waals surface area (Å²) in [6.07, 6.45) is 1.08. The van der Waals surface area contributed by atoms with E-state index in [4.69, 9.17) is 5.26 Å². The van der Waals surface area contributed by atoms with Crippen molar-refractivity contribution >= 4 is 11.6 Å². The highest BCUT2D eigenvalue weighted by Gasteiger charge is 2.26. The molecule has 4 heteroatoms. The van der Waals surface area contributed by atoms with Gasteiger partial charge in [-0.15, -0.1) is 0 Å². The second kappa shape index (κ2) is 7.18. The van der Waals surface area contributed by atoms with Crippen molar-refractivity contribution in [2.24, 2.45) is 5.92 Å². The molecule has 1 atom stereocenters. The fourth-order valence-corrected chi connectivity index (χ4v) is 3.30. The standard InChI is InChI=1S/C20H21N3O/c1-22(20(24)19-10-6-5-7-17(19)13-21)14-16-11-12-23(15-16)18-8-3-2-4-9-18/h2-10,16H,11-12,14-15H2,1H3. The molecule has 0 radical (unpaired) electrons. The van der Waals surface area contributed by atoms with Crippen molar-refractivity contribution in [3.05, 3.63) is 65.7 Å². The predicted molar refractivity (Wildman–Crippen MR) is 94.9 cm³/mol. The average Bonchev–Trinajstić information content (AvgIpc) is 3.10. The van der Waals surface area contributed by atoms with Crippen LogP contribution in [0.25, 0.3) is 0 Å². The maximum absolute atomic E-state index is 12.6. The first kappa shape index (κ1) is 16.1. The Morgan fingerprint density at radius 1 is 1.21 bits per heavy atom. The van der Waals surface area contributed by atoms with Gasteiger partial charge in [-0.1, -0.05) is 30.3 Å². The van der Waals surface area contributed by atoms with Gasteiger partial charge in [0, 0.05) is 32.4 Å². The van der Waals surface area contributed by atoms with E-state index in [0.29, 0.717) is 23.6 Å². The molecule has 122 valence electrons. The number of carbonyl (C=O) groups is 1. The number of nitriles is 1. The predicted octanol–water partition coefficient (Wildman–Crippen LogP) is 3.16. The summed E-state index contributed by atoms with van der Waals surface area (Å²) in [5.41, 5.74) is 2.16. The van der Waals surface area contributed by atoms with Crippen LogP contribution in [0.3, 0.4) is 0 Å². The second-order valence-electron chi connectivity index (χ2n) is 6.28. The van der Waals surface area contributed by atoms with Crippen LogP contribution in [0, 0.1) is 17.2 Å². The van der Waals surface area contributed by atoms with Crippen molar-refractivity contribution in [1.29, 1.82) is 5.26 Å².